The van der Waals surface area contributed by atoms with Gasteiger partial charge in [-0.25, -0.2) is 0 Å². The van der Waals surface area contributed by atoms with Crippen LogP contribution in [0.15, 0.2) is 18.2 Å². The predicted octanol–water partition coefficient (Wildman–Crippen LogP) is 2.98. The summed E-state index contributed by atoms with van der Waals surface area (Å²) < 4.78 is 2.93. The fourth-order valence-electron chi connectivity index (χ4n) is 1.70. The summed E-state index contributed by atoms with van der Waals surface area (Å²) in [5.74, 6) is 14.5. The Balaban J connectivity index is 3.45. The van der Waals surface area contributed by atoms with Crippen molar-refractivity contribution in [3.05, 3.63) is 23.8 Å². The number of carbonyl (C=O) groups excluding carboxylic acids is 1. The van der Waals surface area contributed by atoms with Crippen LogP contribution in [-0.2, 0) is 0 Å². The second-order valence-electron chi connectivity index (χ2n) is 6.86. The van der Waals surface area contributed by atoms with E-state index < -0.39 is 26.5 Å². The summed E-state index contributed by atoms with van der Waals surface area (Å²) in [6.07, 6.45) is 0. The summed E-state index contributed by atoms with van der Waals surface area (Å²) in [6, 6.07) is 6.67. The number of carbonyl (C=O) groups is 1. The average Bonchev–Trinajstić information content (AvgIpc) is 2.14. The first-order valence-electron chi connectivity index (χ1n) is 6.19. The molecule has 0 unspecified atom stereocenters. The predicted molar refractivity (Wildman–Crippen MR) is 82.4 cm³/mol. The Morgan fingerprint density at radius 2 is 1.18 bits per heavy atom. The van der Waals surface area contributed by atoms with Gasteiger partial charge < -0.3 is 0 Å². The topological polar surface area (TPSA) is 17.1 Å². The van der Waals surface area contributed by atoms with Gasteiger partial charge in [0.2, 0.25) is 0 Å². The van der Waals surface area contributed by atoms with Crippen LogP contribution in [0.1, 0.15) is 17.3 Å². The first kappa shape index (κ1) is 15.0. The number of benzene rings is 1. The third-order valence-electron chi connectivity index (χ3n) is 3.07. The molecule has 3 heteroatoms. The van der Waals surface area contributed by atoms with Crippen molar-refractivity contribution in [2.45, 2.75) is 41.5 Å². The third-order valence-corrected chi connectivity index (χ3v) is 11.6. The molecule has 0 saturated heterocycles. The van der Waals surface area contributed by atoms with Gasteiger partial charge >= 0.3 is 111 Å². The molecule has 1 rings (SSSR count). The van der Waals surface area contributed by atoms with Crippen LogP contribution in [0.5, 0.6) is 0 Å². The summed E-state index contributed by atoms with van der Waals surface area (Å²) >= 11 is -3.70. The van der Waals surface area contributed by atoms with Crippen LogP contribution in [0, 0.1) is 0 Å². The minimum atomic E-state index is -1.85. The van der Waals surface area contributed by atoms with Crippen molar-refractivity contribution in [3.63, 3.8) is 0 Å². The summed E-state index contributed by atoms with van der Waals surface area (Å²) in [4.78, 5) is 11.6. The van der Waals surface area contributed by atoms with E-state index in [0.717, 1.165) is 5.56 Å². The van der Waals surface area contributed by atoms with Crippen LogP contribution in [0.4, 0.5) is 0 Å². The Bertz CT molecular complexity index is 404. The normalized spacial score (nSPS) is 12.6. The van der Waals surface area contributed by atoms with Crippen molar-refractivity contribution in [3.8, 4) is 0 Å². The van der Waals surface area contributed by atoms with E-state index in [1.165, 1.54) is 8.79 Å². The zero-order valence-electron chi connectivity index (χ0n) is 12.1. The Kier molecular flexibility index (Phi) is 4.35. The maximum atomic E-state index is 11.6. The monoisotopic (exact) mass is 356 g/mol. The van der Waals surface area contributed by atoms with Crippen molar-refractivity contribution < 1.29 is 4.79 Å². The van der Waals surface area contributed by atoms with Gasteiger partial charge in [0, 0.05) is 0 Å². The van der Waals surface area contributed by atoms with Crippen LogP contribution in [0.2, 0.25) is 34.5 Å². The van der Waals surface area contributed by atoms with Crippen LogP contribution in [-0.4, -0.2) is 32.3 Å². The molecular formula is C14H24Ge2O. The van der Waals surface area contributed by atoms with Gasteiger partial charge in [0.05, 0.1) is 0 Å². The first-order chi connectivity index (χ1) is 7.51. The first-order valence-corrected chi connectivity index (χ1v) is 20.9. The summed E-state index contributed by atoms with van der Waals surface area (Å²) in [5, 5.41) is 0. The molecule has 0 N–H and O–H groups in total. The van der Waals surface area contributed by atoms with E-state index in [1.807, 2.05) is 0 Å². The number of hydrogen-bond acceptors (Lipinski definition) is 1. The van der Waals surface area contributed by atoms with E-state index in [-0.39, 0.29) is 5.78 Å². The van der Waals surface area contributed by atoms with Gasteiger partial charge in [-0.05, 0) is 0 Å². The molecule has 1 aromatic carbocycles. The van der Waals surface area contributed by atoms with Crippen molar-refractivity contribution in [1.82, 2.24) is 0 Å². The molecule has 94 valence electrons. The van der Waals surface area contributed by atoms with E-state index in [2.05, 4.69) is 52.7 Å². The number of hydrogen-bond donors (Lipinski definition) is 0. The Morgan fingerprint density at radius 1 is 0.824 bits per heavy atom. The number of rotatable bonds is 3. The summed E-state index contributed by atoms with van der Waals surface area (Å²) in [7, 11) is 0. The molecule has 0 aliphatic carbocycles. The molecule has 0 aliphatic heterocycles. The molecule has 0 fully saturated rings. The molecule has 0 amide bonds. The standard InChI is InChI=1S/C14H24Ge2O/c1-11(17)12-8-13(15(2,3)4)10-14(9-12)16(5,6)7/h8-10H,1-7H3. The maximum absolute atomic E-state index is 11.6. The summed E-state index contributed by atoms with van der Waals surface area (Å²) in [6.45, 7) is 1.67. The molecule has 0 aliphatic rings. The van der Waals surface area contributed by atoms with Crippen LogP contribution < -0.4 is 8.79 Å². The third kappa shape index (κ3) is 3.99. The van der Waals surface area contributed by atoms with Crippen molar-refractivity contribution >= 4 is 41.1 Å². The van der Waals surface area contributed by atoms with Gasteiger partial charge in [-0.3, -0.25) is 0 Å². The van der Waals surface area contributed by atoms with Gasteiger partial charge in [0.1, 0.15) is 0 Å². The van der Waals surface area contributed by atoms with E-state index in [9.17, 15) is 4.79 Å². The van der Waals surface area contributed by atoms with Crippen molar-refractivity contribution in [2.75, 3.05) is 0 Å². The van der Waals surface area contributed by atoms with Crippen molar-refractivity contribution in [1.29, 1.82) is 0 Å². The van der Waals surface area contributed by atoms with E-state index in [4.69, 9.17) is 0 Å². The average molecular weight is 354 g/mol. The molecule has 1 nitrogen and oxygen atoms in total. The van der Waals surface area contributed by atoms with Gasteiger partial charge in [0.15, 0.2) is 0 Å². The van der Waals surface area contributed by atoms with Crippen LogP contribution in [0.3, 0.4) is 0 Å². The molecule has 1 aromatic rings. The zero-order chi connectivity index (χ0) is 13.4. The zero-order valence-corrected chi connectivity index (χ0v) is 16.3. The van der Waals surface area contributed by atoms with E-state index in [0.29, 0.717) is 0 Å². The van der Waals surface area contributed by atoms with E-state index >= 15 is 0 Å². The molecule has 0 atom stereocenters. The second-order valence-corrected chi connectivity index (χ2v) is 28.2. The molecule has 0 bridgehead atoms. The molecule has 0 spiro atoms. The quantitative estimate of drug-likeness (QED) is 0.603. The molecule has 0 radical (unpaired) electrons. The fourth-order valence-corrected chi connectivity index (χ4v) is 7.27. The molecule has 17 heavy (non-hydrogen) atoms. The summed E-state index contributed by atoms with van der Waals surface area (Å²) in [5.41, 5.74) is 0.915. The minimum absolute atomic E-state index is 0.200. The Morgan fingerprint density at radius 3 is 1.41 bits per heavy atom. The van der Waals surface area contributed by atoms with Crippen molar-refractivity contribution in [2.24, 2.45) is 0 Å². The molecule has 0 heterocycles. The van der Waals surface area contributed by atoms with Gasteiger partial charge in [-0.1, -0.05) is 0 Å². The van der Waals surface area contributed by atoms with E-state index in [1.54, 1.807) is 6.92 Å². The number of Topliss-reactive ketones (excluding diaryl/α,β-unsaturated/α-hetero) is 1. The SMILES string of the molecule is CC(=O)c1c[c]([Ge]([CH3])([CH3])[CH3])c[c]([Ge]([CH3])([CH3])[CH3])c1. The molecule has 0 saturated carbocycles. The Labute approximate surface area is 111 Å². The second kappa shape index (κ2) is 4.92. The molecular weight excluding hydrogens is 329 g/mol. The molecule has 0 aromatic heterocycles. The number of ketones is 1. The fraction of sp³-hybridized carbons (Fsp3) is 0.500. The van der Waals surface area contributed by atoms with Crippen LogP contribution >= 0.6 is 0 Å². The van der Waals surface area contributed by atoms with Gasteiger partial charge in [-0.15, -0.1) is 0 Å². The van der Waals surface area contributed by atoms with Gasteiger partial charge in [0.25, 0.3) is 0 Å². The Hall–Kier alpha value is -0.0243. The van der Waals surface area contributed by atoms with Crippen LogP contribution in [0.25, 0.3) is 0 Å². The van der Waals surface area contributed by atoms with Gasteiger partial charge in [-0.2, -0.15) is 0 Å².